The summed E-state index contributed by atoms with van der Waals surface area (Å²) >= 11 is 0. The first kappa shape index (κ1) is 10.7. The zero-order valence-corrected chi connectivity index (χ0v) is 9.29. The SMILES string of the molecule is CCNC(=O)C1CC2CCCC(C1)C2=O. The van der Waals surface area contributed by atoms with Crippen molar-refractivity contribution in [2.24, 2.45) is 17.8 Å². The van der Waals surface area contributed by atoms with Crippen molar-refractivity contribution in [1.82, 2.24) is 5.32 Å². The molecule has 2 rings (SSSR count). The number of hydrogen-bond donors (Lipinski definition) is 1. The monoisotopic (exact) mass is 209 g/mol. The number of amides is 1. The van der Waals surface area contributed by atoms with Crippen LogP contribution in [0.15, 0.2) is 0 Å². The van der Waals surface area contributed by atoms with E-state index in [1.165, 1.54) is 6.42 Å². The highest BCUT2D eigenvalue weighted by Gasteiger charge is 2.40. The Labute approximate surface area is 90.6 Å². The van der Waals surface area contributed by atoms with Crippen molar-refractivity contribution in [2.75, 3.05) is 6.54 Å². The van der Waals surface area contributed by atoms with Gasteiger partial charge in [0, 0.05) is 24.3 Å². The third-order valence-corrected chi connectivity index (χ3v) is 3.77. The summed E-state index contributed by atoms with van der Waals surface area (Å²) in [6.45, 7) is 2.63. The van der Waals surface area contributed by atoms with E-state index in [2.05, 4.69) is 5.32 Å². The van der Waals surface area contributed by atoms with Gasteiger partial charge in [0.1, 0.15) is 5.78 Å². The number of hydrogen-bond acceptors (Lipinski definition) is 2. The number of carbonyl (C=O) groups excluding carboxylic acids is 2. The number of rotatable bonds is 2. The van der Waals surface area contributed by atoms with E-state index in [-0.39, 0.29) is 23.7 Å². The minimum Gasteiger partial charge on any atom is -0.356 e. The molecule has 2 aliphatic carbocycles. The lowest BCUT2D eigenvalue weighted by atomic mass is 9.67. The topological polar surface area (TPSA) is 46.2 Å². The lowest BCUT2D eigenvalue weighted by molar-refractivity contribution is -0.137. The van der Waals surface area contributed by atoms with Gasteiger partial charge in [0.15, 0.2) is 0 Å². The van der Waals surface area contributed by atoms with Gasteiger partial charge in [-0.1, -0.05) is 6.42 Å². The number of ketones is 1. The van der Waals surface area contributed by atoms with Crippen LogP contribution in [0.2, 0.25) is 0 Å². The lowest BCUT2D eigenvalue weighted by Crippen LogP contribution is -2.42. The highest BCUT2D eigenvalue weighted by molar-refractivity contribution is 5.88. The molecule has 84 valence electrons. The molecule has 0 aromatic carbocycles. The molecule has 2 saturated carbocycles. The molecular weight excluding hydrogens is 190 g/mol. The van der Waals surface area contributed by atoms with Crippen molar-refractivity contribution in [1.29, 1.82) is 0 Å². The van der Waals surface area contributed by atoms with Gasteiger partial charge in [-0.05, 0) is 32.6 Å². The Kier molecular flexibility index (Phi) is 3.08. The van der Waals surface area contributed by atoms with E-state index in [4.69, 9.17) is 0 Å². The first-order chi connectivity index (χ1) is 7.22. The smallest absolute Gasteiger partial charge is 0.223 e. The van der Waals surface area contributed by atoms with Crippen LogP contribution in [-0.2, 0) is 9.59 Å². The van der Waals surface area contributed by atoms with Crippen LogP contribution in [0, 0.1) is 17.8 Å². The standard InChI is InChI=1S/C12H19NO2/c1-2-13-12(15)10-6-8-4-3-5-9(7-10)11(8)14/h8-10H,2-7H2,1H3,(H,13,15). The predicted octanol–water partition coefficient (Wildman–Crippen LogP) is 1.52. The molecule has 15 heavy (non-hydrogen) atoms. The second-order valence-electron chi connectivity index (χ2n) is 4.79. The molecule has 1 amide bonds. The van der Waals surface area contributed by atoms with Crippen molar-refractivity contribution in [2.45, 2.75) is 39.0 Å². The van der Waals surface area contributed by atoms with E-state index in [1.54, 1.807) is 0 Å². The molecule has 0 aliphatic heterocycles. The van der Waals surface area contributed by atoms with E-state index >= 15 is 0 Å². The fraction of sp³-hybridized carbons (Fsp3) is 0.833. The summed E-state index contributed by atoms with van der Waals surface area (Å²) in [5.41, 5.74) is 0. The van der Waals surface area contributed by atoms with Crippen molar-refractivity contribution >= 4 is 11.7 Å². The van der Waals surface area contributed by atoms with Crippen LogP contribution in [0.3, 0.4) is 0 Å². The quantitative estimate of drug-likeness (QED) is 0.749. The fourth-order valence-corrected chi connectivity index (χ4v) is 3.01. The van der Waals surface area contributed by atoms with Gasteiger partial charge in [-0.15, -0.1) is 0 Å². The van der Waals surface area contributed by atoms with Crippen molar-refractivity contribution in [3.8, 4) is 0 Å². The molecule has 2 unspecified atom stereocenters. The first-order valence-corrected chi connectivity index (χ1v) is 6.03. The molecule has 2 bridgehead atoms. The van der Waals surface area contributed by atoms with E-state index in [0.29, 0.717) is 12.3 Å². The highest BCUT2D eigenvalue weighted by Crippen LogP contribution is 2.39. The third-order valence-electron chi connectivity index (χ3n) is 3.77. The maximum Gasteiger partial charge on any atom is 0.223 e. The van der Waals surface area contributed by atoms with Gasteiger partial charge in [0.05, 0.1) is 0 Å². The van der Waals surface area contributed by atoms with Crippen molar-refractivity contribution < 1.29 is 9.59 Å². The molecule has 0 heterocycles. The van der Waals surface area contributed by atoms with Gasteiger partial charge in [0.25, 0.3) is 0 Å². The summed E-state index contributed by atoms with van der Waals surface area (Å²) in [4.78, 5) is 23.5. The zero-order valence-electron chi connectivity index (χ0n) is 9.29. The summed E-state index contributed by atoms with van der Waals surface area (Å²) in [7, 11) is 0. The molecule has 0 saturated heterocycles. The first-order valence-electron chi connectivity index (χ1n) is 6.03. The molecule has 2 atom stereocenters. The van der Waals surface area contributed by atoms with Gasteiger partial charge >= 0.3 is 0 Å². The lowest BCUT2D eigenvalue weighted by Gasteiger charge is -2.36. The third kappa shape index (κ3) is 2.06. The maximum absolute atomic E-state index is 11.8. The second-order valence-corrected chi connectivity index (χ2v) is 4.79. The van der Waals surface area contributed by atoms with Gasteiger partial charge in [-0.3, -0.25) is 9.59 Å². The van der Waals surface area contributed by atoms with E-state index in [9.17, 15) is 9.59 Å². The molecule has 3 nitrogen and oxygen atoms in total. The normalized spacial score (nSPS) is 35.0. The summed E-state index contributed by atoms with van der Waals surface area (Å²) in [5.74, 6) is 1.05. The van der Waals surface area contributed by atoms with Crippen molar-refractivity contribution in [3.05, 3.63) is 0 Å². The predicted molar refractivity (Wildman–Crippen MR) is 57.2 cm³/mol. The van der Waals surface area contributed by atoms with E-state index in [0.717, 1.165) is 25.7 Å². The Morgan fingerprint density at radius 1 is 1.33 bits per heavy atom. The second kappa shape index (κ2) is 4.33. The Balaban J connectivity index is 2.01. The average Bonchev–Trinajstić information content (AvgIpc) is 2.17. The Bertz CT molecular complexity index is 259. The van der Waals surface area contributed by atoms with Gasteiger partial charge in [-0.2, -0.15) is 0 Å². The molecule has 0 aromatic rings. The van der Waals surface area contributed by atoms with Crippen LogP contribution in [0.1, 0.15) is 39.0 Å². The molecular formula is C12H19NO2. The largest absolute Gasteiger partial charge is 0.356 e. The molecule has 0 aromatic heterocycles. The molecule has 2 fully saturated rings. The van der Waals surface area contributed by atoms with Crippen LogP contribution in [-0.4, -0.2) is 18.2 Å². The molecule has 1 N–H and O–H groups in total. The van der Waals surface area contributed by atoms with E-state index in [1.807, 2.05) is 6.92 Å². The molecule has 2 aliphatic rings. The minimum atomic E-state index is 0.0953. The summed E-state index contributed by atoms with van der Waals surface area (Å²) in [5, 5.41) is 2.87. The number of fused-ring (bicyclic) bond motifs is 2. The average molecular weight is 209 g/mol. The molecule has 3 heteroatoms. The van der Waals surface area contributed by atoms with Gasteiger partial charge in [0.2, 0.25) is 5.91 Å². The summed E-state index contributed by atoms with van der Waals surface area (Å²) < 4.78 is 0. The van der Waals surface area contributed by atoms with Crippen LogP contribution < -0.4 is 5.32 Å². The Morgan fingerprint density at radius 3 is 2.47 bits per heavy atom. The highest BCUT2D eigenvalue weighted by atomic mass is 16.2. The number of nitrogens with one attached hydrogen (secondary N) is 1. The van der Waals surface area contributed by atoms with Crippen LogP contribution in [0.5, 0.6) is 0 Å². The summed E-state index contributed by atoms with van der Waals surface area (Å²) in [6.07, 6.45) is 4.77. The van der Waals surface area contributed by atoms with Crippen LogP contribution >= 0.6 is 0 Å². The molecule has 0 spiro atoms. The number of Topliss-reactive ketones (excluding diaryl/α,β-unsaturated/α-hetero) is 1. The van der Waals surface area contributed by atoms with Gasteiger partial charge in [-0.25, -0.2) is 0 Å². The molecule has 0 radical (unpaired) electrons. The van der Waals surface area contributed by atoms with Crippen LogP contribution in [0.4, 0.5) is 0 Å². The zero-order chi connectivity index (χ0) is 10.8. The number of carbonyl (C=O) groups is 2. The van der Waals surface area contributed by atoms with E-state index < -0.39 is 0 Å². The maximum atomic E-state index is 11.8. The van der Waals surface area contributed by atoms with Gasteiger partial charge < -0.3 is 5.32 Å². The Morgan fingerprint density at radius 2 is 1.93 bits per heavy atom. The Hall–Kier alpha value is -0.860. The summed E-state index contributed by atoms with van der Waals surface area (Å²) in [6, 6.07) is 0. The minimum absolute atomic E-state index is 0.0953. The fourth-order valence-electron chi connectivity index (χ4n) is 3.01. The van der Waals surface area contributed by atoms with Crippen LogP contribution in [0.25, 0.3) is 0 Å². The van der Waals surface area contributed by atoms with Crippen molar-refractivity contribution in [3.63, 3.8) is 0 Å².